The fourth-order valence-corrected chi connectivity index (χ4v) is 2.79. The second-order valence-corrected chi connectivity index (χ2v) is 6.24. The standard InChI is InChI=1S/C16H25NO/c1-13(18)14-7-4-5-8-15(14)17-11-6-9-16(2,3)10-12-17/h4-5,7-8,13,18H,6,9-12H2,1-3H3/t13-/m0/s1. The molecule has 100 valence electrons. The number of anilines is 1. The second kappa shape index (κ2) is 5.31. The third-order valence-electron chi connectivity index (χ3n) is 4.07. The van der Waals surface area contributed by atoms with Crippen molar-refractivity contribution < 1.29 is 5.11 Å². The van der Waals surface area contributed by atoms with Gasteiger partial charge in [0.25, 0.3) is 0 Å². The van der Waals surface area contributed by atoms with Crippen molar-refractivity contribution in [2.24, 2.45) is 5.41 Å². The molecule has 2 nitrogen and oxygen atoms in total. The summed E-state index contributed by atoms with van der Waals surface area (Å²) in [7, 11) is 0. The van der Waals surface area contributed by atoms with E-state index >= 15 is 0 Å². The van der Waals surface area contributed by atoms with Crippen molar-refractivity contribution in [3.8, 4) is 0 Å². The quantitative estimate of drug-likeness (QED) is 0.860. The molecule has 1 aliphatic rings. The first kappa shape index (κ1) is 13.4. The van der Waals surface area contributed by atoms with Gasteiger partial charge in [0.15, 0.2) is 0 Å². The number of nitrogens with zero attached hydrogens (tertiary/aromatic N) is 1. The Morgan fingerprint density at radius 1 is 1.17 bits per heavy atom. The number of rotatable bonds is 2. The SMILES string of the molecule is C[C@H](O)c1ccccc1N1CCCC(C)(C)CC1. The third-order valence-corrected chi connectivity index (χ3v) is 4.07. The highest BCUT2D eigenvalue weighted by atomic mass is 16.3. The number of hydrogen-bond donors (Lipinski definition) is 1. The number of para-hydroxylation sites is 1. The summed E-state index contributed by atoms with van der Waals surface area (Å²) in [4.78, 5) is 2.44. The first-order chi connectivity index (χ1) is 8.49. The Labute approximate surface area is 111 Å². The summed E-state index contributed by atoms with van der Waals surface area (Å²) >= 11 is 0. The van der Waals surface area contributed by atoms with E-state index < -0.39 is 6.10 Å². The minimum atomic E-state index is -0.391. The van der Waals surface area contributed by atoms with Gasteiger partial charge in [0.2, 0.25) is 0 Å². The van der Waals surface area contributed by atoms with E-state index in [2.05, 4.69) is 30.9 Å². The van der Waals surface area contributed by atoms with E-state index in [-0.39, 0.29) is 0 Å². The van der Waals surface area contributed by atoms with Crippen molar-refractivity contribution in [2.45, 2.75) is 46.1 Å². The number of hydrogen-bond acceptors (Lipinski definition) is 2. The Hall–Kier alpha value is -1.02. The van der Waals surface area contributed by atoms with Crippen molar-refractivity contribution in [2.75, 3.05) is 18.0 Å². The van der Waals surface area contributed by atoms with Gasteiger partial charge in [-0.05, 0) is 37.7 Å². The molecule has 1 aromatic carbocycles. The van der Waals surface area contributed by atoms with Crippen molar-refractivity contribution in [1.82, 2.24) is 0 Å². The zero-order valence-corrected chi connectivity index (χ0v) is 11.8. The molecule has 0 unspecified atom stereocenters. The van der Waals surface area contributed by atoms with Gasteiger partial charge in [0.1, 0.15) is 0 Å². The van der Waals surface area contributed by atoms with Crippen LogP contribution in [0.3, 0.4) is 0 Å². The Bertz CT molecular complexity index is 398. The molecule has 2 heteroatoms. The normalized spacial score (nSPS) is 21.4. The molecule has 18 heavy (non-hydrogen) atoms. The molecule has 0 aliphatic carbocycles. The molecular weight excluding hydrogens is 222 g/mol. The Morgan fingerprint density at radius 3 is 2.61 bits per heavy atom. The molecule has 0 amide bonds. The lowest BCUT2D eigenvalue weighted by molar-refractivity contribution is 0.199. The second-order valence-electron chi connectivity index (χ2n) is 6.24. The molecule has 0 aromatic heterocycles. The number of aliphatic hydroxyl groups is 1. The molecule has 0 radical (unpaired) electrons. The molecule has 0 bridgehead atoms. The van der Waals surface area contributed by atoms with Gasteiger partial charge in [0.05, 0.1) is 6.10 Å². The minimum absolute atomic E-state index is 0.391. The predicted octanol–water partition coefficient (Wildman–Crippen LogP) is 3.76. The van der Waals surface area contributed by atoms with Crippen LogP contribution in [0.2, 0.25) is 0 Å². The Morgan fingerprint density at radius 2 is 1.89 bits per heavy atom. The summed E-state index contributed by atoms with van der Waals surface area (Å²) in [6.45, 7) is 8.76. The van der Waals surface area contributed by atoms with E-state index in [1.807, 2.05) is 19.1 Å². The van der Waals surface area contributed by atoms with Crippen LogP contribution in [-0.2, 0) is 0 Å². The predicted molar refractivity (Wildman–Crippen MR) is 76.9 cm³/mol. The first-order valence-corrected chi connectivity index (χ1v) is 7.01. The topological polar surface area (TPSA) is 23.5 Å². The lowest BCUT2D eigenvalue weighted by atomic mass is 9.85. The van der Waals surface area contributed by atoms with Crippen LogP contribution in [0, 0.1) is 5.41 Å². The van der Waals surface area contributed by atoms with Crippen LogP contribution in [-0.4, -0.2) is 18.2 Å². The lowest BCUT2D eigenvalue weighted by Crippen LogP contribution is -2.26. The van der Waals surface area contributed by atoms with E-state index in [1.54, 1.807) is 0 Å². The average Bonchev–Trinajstić information content (AvgIpc) is 2.50. The highest BCUT2D eigenvalue weighted by Crippen LogP contribution is 2.33. The van der Waals surface area contributed by atoms with Gasteiger partial charge in [-0.3, -0.25) is 0 Å². The molecule has 2 rings (SSSR count). The van der Waals surface area contributed by atoms with E-state index in [0.717, 1.165) is 18.7 Å². The van der Waals surface area contributed by atoms with Crippen LogP contribution < -0.4 is 4.90 Å². The van der Waals surface area contributed by atoms with Gasteiger partial charge in [-0.2, -0.15) is 0 Å². The summed E-state index contributed by atoms with van der Waals surface area (Å²) in [5.41, 5.74) is 2.72. The highest BCUT2D eigenvalue weighted by Gasteiger charge is 2.24. The third kappa shape index (κ3) is 3.05. The largest absolute Gasteiger partial charge is 0.389 e. The molecule has 0 spiro atoms. The van der Waals surface area contributed by atoms with E-state index in [9.17, 15) is 5.11 Å². The fraction of sp³-hybridized carbons (Fsp3) is 0.625. The van der Waals surface area contributed by atoms with Crippen molar-refractivity contribution in [3.63, 3.8) is 0 Å². The van der Waals surface area contributed by atoms with Crippen LogP contribution in [0.15, 0.2) is 24.3 Å². The molecule has 1 aliphatic heterocycles. The van der Waals surface area contributed by atoms with Crippen LogP contribution >= 0.6 is 0 Å². The molecule has 1 saturated heterocycles. The summed E-state index contributed by atoms with van der Waals surface area (Å²) < 4.78 is 0. The molecule has 0 saturated carbocycles. The molecule has 1 aromatic rings. The number of aliphatic hydroxyl groups excluding tert-OH is 1. The monoisotopic (exact) mass is 247 g/mol. The highest BCUT2D eigenvalue weighted by molar-refractivity contribution is 5.54. The van der Waals surface area contributed by atoms with Gasteiger partial charge in [-0.1, -0.05) is 32.0 Å². The summed E-state index contributed by atoms with van der Waals surface area (Å²) in [6, 6.07) is 8.25. The summed E-state index contributed by atoms with van der Waals surface area (Å²) in [5.74, 6) is 0. The zero-order chi connectivity index (χ0) is 13.2. The van der Waals surface area contributed by atoms with Gasteiger partial charge < -0.3 is 10.0 Å². The summed E-state index contributed by atoms with van der Waals surface area (Å²) in [6.07, 6.45) is 3.36. The van der Waals surface area contributed by atoms with Gasteiger partial charge >= 0.3 is 0 Å². The molecule has 1 atom stereocenters. The fourth-order valence-electron chi connectivity index (χ4n) is 2.79. The van der Waals surface area contributed by atoms with E-state index in [4.69, 9.17) is 0 Å². The van der Waals surface area contributed by atoms with Crippen LogP contribution in [0.4, 0.5) is 5.69 Å². The molecule has 1 heterocycles. The lowest BCUT2D eigenvalue weighted by Gasteiger charge is -2.27. The average molecular weight is 247 g/mol. The van der Waals surface area contributed by atoms with Crippen molar-refractivity contribution in [3.05, 3.63) is 29.8 Å². The van der Waals surface area contributed by atoms with Crippen LogP contribution in [0.5, 0.6) is 0 Å². The zero-order valence-electron chi connectivity index (χ0n) is 11.8. The maximum atomic E-state index is 9.88. The molecule has 1 fully saturated rings. The van der Waals surface area contributed by atoms with Crippen molar-refractivity contribution in [1.29, 1.82) is 0 Å². The van der Waals surface area contributed by atoms with E-state index in [0.29, 0.717) is 5.41 Å². The molecule has 1 N–H and O–H groups in total. The van der Waals surface area contributed by atoms with Gasteiger partial charge in [-0.15, -0.1) is 0 Å². The van der Waals surface area contributed by atoms with Crippen LogP contribution in [0.25, 0.3) is 0 Å². The maximum absolute atomic E-state index is 9.88. The van der Waals surface area contributed by atoms with E-state index in [1.165, 1.54) is 24.9 Å². The van der Waals surface area contributed by atoms with Gasteiger partial charge in [-0.25, -0.2) is 0 Å². The smallest absolute Gasteiger partial charge is 0.0781 e. The number of benzene rings is 1. The minimum Gasteiger partial charge on any atom is -0.389 e. The Balaban J connectivity index is 2.21. The first-order valence-electron chi connectivity index (χ1n) is 7.01. The summed E-state index contributed by atoms with van der Waals surface area (Å²) in [5, 5.41) is 9.88. The van der Waals surface area contributed by atoms with Crippen molar-refractivity contribution >= 4 is 5.69 Å². The van der Waals surface area contributed by atoms with Crippen LogP contribution in [0.1, 0.15) is 51.7 Å². The Kier molecular flexibility index (Phi) is 3.96. The van der Waals surface area contributed by atoms with Gasteiger partial charge in [0, 0.05) is 24.3 Å². The maximum Gasteiger partial charge on any atom is 0.0781 e. The molecular formula is C16H25NO.